The number of piperidine rings is 1. The molecule has 0 aromatic carbocycles. The van der Waals surface area contributed by atoms with Crippen molar-refractivity contribution in [3.63, 3.8) is 0 Å². The molecule has 8 nitrogen and oxygen atoms in total. The van der Waals surface area contributed by atoms with Crippen molar-refractivity contribution < 1.29 is 13.2 Å². The second-order valence-corrected chi connectivity index (χ2v) is 7.66. The molecule has 1 aromatic heterocycles. The number of hydrogen-bond donors (Lipinski definition) is 3. The summed E-state index contributed by atoms with van der Waals surface area (Å²) in [4.78, 5) is 15.9. The Labute approximate surface area is 137 Å². The first-order valence-electron chi connectivity index (χ1n) is 7.82. The van der Waals surface area contributed by atoms with E-state index in [1.807, 2.05) is 6.92 Å². The molecule has 0 radical (unpaired) electrons. The van der Waals surface area contributed by atoms with Gasteiger partial charge in [0, 0.05) is 38.3 Å². The summed E-state index contributed by atoms with van der Waals surface area (Å²) in [7, 11) is -1.95. The van der Waals surface area contributed by atoms with Gasteiger partial charge < -0.3 is 15.2 Å². The summed E-state index contributed by atoms with van der Waals surface area (Å²) in [5.41, 5.74) is 0. The molecule has 0 saturated carbocycles. The molecule has 2 unspecified atom stereocenters. The zero-order valence-corrected chi connectivity index (χ0v) is 14.6. The van der Waals surface area contributed by atoms with E-state index in [9.17, 15) is 13.2 Å². The van der Waals surface area contributed by atoms with Crippen molar-refractivity contribution >= 4 is 15.9 Å². The molecule has 0 spiro atoms. The van der Waals surface area contributed by atoms with E-state index < -0.39 is 10.0 Å². The minimum absolute atomic E-state index is 0.0250. The number of amides is 1. The first-order chi connectivity index (χ1) is 10.8. The lowest BCUT2D eigenvalue weighted by atomic mass is 10.00. The third kappa shape index (κ3) is 4.76. The average Bonchev–Trinajstić information content (AvgIpc) is 2.82. The average molecular weight is 343 g/mol. The van der Waals surface area contributed by atoms with Crippen LogP contribution in [0.15, 0.2) is 11.2 Å². The second kappa shape index (κ2) is 7.41. The highest BCUT2D eigenvalue weighted by molar-refractivity contribution is 7.89. The number of carbonyl (C=O) groups excluding carboxylic acids is 1. The maximum atomic E-state index is 12.1. The van der Waals surface area contributed by atoms with Gasteiger partial charge in [-0.2, -0.15) is 0 Å². The Kier molecular flexibility index (Phi) is 5.77. The maximum absolute atomic E-state index is 12.1. The molecule has 2 atom stereocenters. The molecule has 1 aliphatic rings. The number of aromatic nitrogens is 2. The van der Waals surface area contributed by atoms with E-state index >= 15 is 0 Å². The van der Waals surface area contributed by atoms with E-state index in [4.69, 9.17) is 0 Å². The molecule has 2 heterocycles. The minimum Gasteiger partial charge on any atom is -0.352 e. The fraction of sp³-hybridized carbons (Fsp3) is 0.714. The number of aryl methyl sites for hydroxylation is 2. The summed E-state index contributed by atoms with van der Waals surface area (Å²) in [6.07, 6.45) is 3.53. The maximum Gasteiger partial charge on any atom is 0.259 e. The van der Waals surface area contributed by atoms with E-state index in [0.717, 1.165) is 19.4 Å². The number of carbonyl (C=O) groups is 1. The Hall–Kier alpha value is -1.45. The van der Waals surface area contributed by atoms with Crippen LogP contribution in [0.3, 0.4) is 0 Å². The van der Waals surface area contributed by atoms with Crippen LogP contribution in [0.5, 0.6) is 0 Å². The SMILES string of the molecule is Cc1nc(S(=O)(=O)NCCC(=O)NC2CCCNC2C)cn1C. The summed E-state index contributed by atoms with van der Waals surface area (Å²) in [6.45, 7) is 4.79. The van der Waals surface area contributed by atoms with Crippen LogP contribution in [0.2, 0.25) is 0 Å². The summed E-state index contributed by atoms with van der Waals surface area (Å²) in [5, 5.41) is 6.24. The predicted molar refractivity (Wildman–Crippen MR) is 86.4 cm³/mol. The van der Waals surface area contributed by atoms with Crippen LogP contribution < -0.4 is 15.4 Å². The molecular formula is C14H25N5O3S. The lowest BCUT2D eigenvalue weighted by molar-refractivity contribution is -0.122. The Morgan fingerprint density at radius 2 is 2.26 bits per heavy atom. The number of sulfonamides is 1. The quantitative estimate of drug-likeness (QED) is 0.655. The van der Waals surface area contributed by atoms with Crippen LogP contribution in [0, 0.1) is 6.92 Å². The summed E-state index contributed by atoms with van der Waals surface area (Å²) < 4.78 is 28.2. The Morgan fingerprint density at radius 3 is 2.87 bits per heavy atom. The van der Waals surface area contributed by atoms with E-state index in [-0.39, 0.29) is 36.0 Å². The van der Waals surface area contributed by atoms with E-state index in [1.165, 1.54) is 6.20 Å². The van der Waals surface area contributed by atoms with Gasteiger partial charge in [0.1, 0.15) is 5.82 Å². The molecule has 3 N–H and O–H groups in total. The van der Waals surface area contributed by atoms with Crippen LogP contribution in [0.4, 0.5) is 0 Å². The first-order valence-corrected chi connectivity index (χ1v) is 9.30. The molecule has 0 aliphatic carbocycles. The zero-order valence-electron chi connectivity index (χ0n) is 13.8. The van der Waals surface area contributed by atoms with Gasteiger partial charge in [-0.25, -0.2) is 18.1 Å². The van der Waals surface area contributed by atoms with Crippen LogP contribution in [0.25, 0.3) is 0 Å². The molecule has 2 rings (SSSR count). The summed E-state index contributed by atoms with van der Waals surface area (Å²) >= 11 is 0. The van der Waals surface area contributed by atoms with Gasteiger partial charge in [-0.1, -0.05) is 0 Å². The van der Waals surface area contributed by atoms with Gasteiger partial charge in [0.15, 0.2) is 5.03 Å². The minimum atomic E-state index is -3.68. The molecule has 1 aromatic rings. The molecule has 1 fully saturated rings. The van der Waals surface area contributed by atoms with Crippen LogP contribution in [0.1, 0.15) is 32.0 Å². The summed E-state index contributed by atoms with van der Waals surface area (Å²) in [6, 6.07) is 0.340. The zero-order chi connectivity index (χ0) is 17.0. The Morgan fingerprint density at radius 1 is 1.52 bits per heavy atom. The molecule has 9 heteroatoms. The van der Waals surface area contributed by atoms with E-state index in [0.29, 0.717) is 5.82 Å². The van der Waals surface area contributed by atoms with Gasteiger partial charge in [0.25, 0.3) is 10.0 Å². The Balaban J connectivity index is 1.80. The molecule has 1 saturated heterocycles. The van der Waals surface area contributed by atoms with Crippen LogP contribution in [-0.2, 0) is 21.9 Å². The van der Waals surface area contributed by atoms with E-state index in [1.54, 1.807) is 18.5 Å². The van der Waals surface area contributed by atoms with Gasteiger partial charge in [0.05, 0.1) is 0 Å². The number of imidazole rings is 1. The fourth-order valence-electron chi connectivity index (χ4n) is 2.55. The van der Waals surface area contributed by atoms with Gasteiger partial charge in [-0.3, -0.25) is 4.79 Å². The first kappa shape index (κ1) is 17.9. The van der Waals surface area contributed by atoms with Crippen LogP contribution >= 0.6 is 0 Å². The number of nitrogens with one attached hydrogen (secondary N) is 3. The van der Waals surface area contributed by atoms with E-state index in [2.05, 4.69) is 20.3 Å². The molecule has 1 amide bonds. The van der Waals surface area contributed by atoms with Crippen molar-refractivity contribution in [2.24, 2.45) is 7.05 Å². The molecule has 0 bridgehead atoms. The predicted octanol–water partition coefficient (Wildman–Crippen LogP) is -0.346. The van der Waals surface area contributed by atoms with Crippen molar-refractivity contribution in [2.45, 2.75) is 50.2 Å². The number of rotatable bonds is 6. The highest BCUT2D eigenvalue weighted by Crippen LogP contribution is 2.09. The standard InChI is InChI=1S/C14H25N5O3S/c1-10-12(5-4-7-15-10)18-13(20)6-8-16-23(21,22)14-9-19(3)11(2)17-14/h9-10,12,15-16H,4-8H2,1-3H3,(H,18,20). The van der Waals surface area contributed by atoms with Gasteiger partial charge in [-0.15, -0.1) is 0 Å². The lowest BCUT2D eigenvalue weighted by Crippen LogP contribution is -2.52. The number of nitrogens with zero attached hydrogens (tertiary/aromatic N) is 2. The van der Waals surface area contributed by atoms with Crippen molar-refractivity contribution in [1.82, 2.24) is 24.9 Å². The smallest absolute Gasteiger partial charge is 0.259 e. The van der Waals surface area contributed by atoms with Crippen molar-refractivity contribution in [1.29, 1.82) is 0 Å². The summed E-state index contributed by atoms with van der Waals surface area (Å²) in [5.74, 6) is 0.465. The third-order valence-electron chi connectivity index (χ3n) is 4.11. The lowest BCUT2D eigenvalue weighted by Gasteiger charge is -2.30. The van der Waals surface area contributed by atoms with Gasteiger partial charge >= 0.3 is 0 Å². The molecule has 1 aliphatic heterocycles. The number of hydrogen-bond acceptors (Lipinski definition) is 5. The topological polar surface area (TPSA) is 105 Å². The van der Waals surface area contributed by atoms with Gasteiger partial charge in [0.2, 0.25) is 5.91 Å². The van der Waals surface area contributed by atoms with Crippen molar-refractivity contribution in [3.05, 3.63) is 12.0 Å². The molecular weight excluding hydrogens is 318 g/mol. The molecule has 130 valence electrons. The largest absolute Gasteiger partial charge is 0.352 e. The second-order valence-electron chi connectivity index (χ2n) is 5.94. The van der Waals surface area contributed by atoms with Crippen LogP contribution in [-0.4, -0.2) is 49.0 Å². The van der Waals surface area contributed by atoms with Crippen molar-refractivity contribution in [3.8, 4) is 0 Å². The monoisotopic (exact) mass is 343 g/mol. The highest BCUT2D eigenvalue weighted by atomic mass is 32.2. The Bertz CT molecular complexity index is 636. The highest BCUT2D eigenvalue weighted by Gasteiger charge is 2.23. The molecule has 23 heavy (non-hydrogen) atoms. The van der Waals surface area contributed by atoms with Crippen molar-refractivity contribution in [2.75, 3.05) is 13.1 Å². The fourth-order valence-corrected chi connectivity index (χ4v) is 3.62. The van der Waals surface area contributed by atoms with Gasteiger partial charge in [-0.05, 0) is 33.2 Å². The normalized spacial score (nSPS) is 22.0. The third-order valence-corrected chi connectivity index (χ3v) is 5.45.